The van der Waals surface area contributed by atoms with Crippen LogP contribution in [0.25, 0.3) is 0 Å². The average Bonchev–Trinajstić information content (AvgIpc) is 2.49. The lowest BCUT2D eigenvalue weighted by atomic mass is 10.2. The highest BCUT2D eigenvalue weighted by Crippen LogP contribution is 2.16. The van der Waals surface area contributed by atoms with Crippen LogP contribution in [-0.4, -0.2) is 50.6 Å². The van der Waals surface area contributed by atoms with Crippen LogP contribution in [0.5, 0.6) is 0 Å². The molecule has 6 heteroatoms. The summed E-state index contributed by atoms with van der Waals surface area (Å²) in [5, 5.41) is 3.36. The molecule has 0 saturated carbocycles. The van der Waals surface area contributed by atoms with E-state index in [1.165, 1.54) is 12.1 Å². The van der Waals surface area contributed by atoms with Gasteiger partial charge in [-0.2, -0.15) is 0 Å². The van der Waals surface area contributed by atoms with Crippen LogP contribution in [0.15, 0.2) is 29.3 Å². The number of halogens is 2. The maximum Gasteiger partial charge on any atom is 0.193 e. The van der Waals surface area contributed by atoms with Gasteiger partial charge in [0, 0.05) is 45.5 Å². The third-order valence-corrected chi connectivity index (χ3v) is 3.52. The first-order chi connectivity index (χ1) is 9.74. The van der Waals surface area contributed by atoms with Crippen LogP contribution in [0.1, 0.15) is 13.3 Å². The van der Waals surface area contributed by atoms with Crippen molar-refractivity contribution in [3.63, 3.8) is 0 Å². The van der Waals surface area contributed by atoms with E-state index in [4.69, 9.17) is 0 Å². The fourth-order valence-corrected chi connectivity index (χ4v) is 2.40. The highest BCUT2D eigenvalue weighted by atomic mass is 127. The number of rotatable bonds is 3. The van der Waals surface area contributed by atoms with Gasteiger partial charge in [0.2, 0.25) is 0 Å². The number of hydrogen-bond donors (Lipinski definition) is 1. The molecule has 1 aliphatic rings. The third kappa shape index (κ3) is 5.01. The third-order valence-electron chi connectivity index (χ3n) is 3.52. The number of guanidine groups is 1. The van der Waals surface area contributed by atoms with Gasteiger partial charge >= 0.3 is 0 Å². The molecule has 1 heterocycles. The quantitative estimate of drug-likeness (QED) is 0.476. The summed E-state index contributed by atoms with van der Waals surface area (Å²) in [6.07, 6.45) is 1.09. The summed E-state index contributed by atoms with van der Waals surface area (Å²) >= 11 is 0. The molecule has 0 bridgehead atoms. The second-order valence-electron chi connectivity index (χ2n) is 4.92. The summed E-state index contributed by atoms with van der Waals surface area (Å²) < 4.78 is 12.9. The maximum atomic E-state index is 12.9. The number of benzene rings is 1. The molecule has 1 aliphatic heterocycles. The van der Waals surface area contributed by atoms with E-state index in [9.17, 15) is 4.39 Å². The zero-order valence-electron chi connectivity index (χ0n) is 12.7. The van der Waals surface area contributed by atoms with Crippen molar-refractivity contribution in [3.8, 4) is 0 Å². The Labute approximate surface area is 143 Å². The van der Waals surface area contributed by atoms with E-state index < -0.39 is 0 Å². The zero-order chi connectivity index (χ0) is 14.4. The van der Waals surface area contributed by atoms with Gasteiger partial charge in [0.25, 0.3) is 0 Å². The SMILES string of the molecule is CCCNC(=NC)N1CCN(c2ccc(F)cc2)CC1.I. The summed E-state index contributed by atoms with van der Waals surface area (Å²) in [7, 11) is 1.82. The number of hydrogen-bond acceptors (Lipinski definition) is 2. The van der Waals surface area contributed by atoms with Crippen LogP contribution in [0.2, 0.25) is 0 Å². The van der Waals surface area contributed by atoms with Crippen LogP contribution >= 0.6 is 24.0 Å². The number of piperazine rings is 1. The Morgan fingerprint density at radius 2 is 1.81 bits per heavy atom. The molecule has 0 aromatic heterocycles. The lowest BCUT2D eigenvalue weighted by molar-refractivity contribution is 0.372. The molecule has 1 aromatic carbocycles. The molecular formula is C15H24FIN4. The van der Waals surface area contributed by atoms with Gasteiger partial charge in [0.15, 0.2) is 5.96 Å². The fraction of sp³-hybridized carbons (Fsp3) is 0.533. The van der Waals surface area contributed by atoms with Gasteiger partial charge in [-0.05, 0) is 30.7 Å². The van der Waals surface area contributed by atoms with Gasteiger partial charge < -0.3 is 15.1 Å². The molecular weight excluding hydrogens is 382 g/mol. The molecule has 21 heavy (non-hydrogen) atoms. The highest BCUT2D eigenvalue weighted by molar-refractivity contribution is 14.0. The molecule has 0 amide bonds. The molecule has 1 aromatic rings. The summed E-state index contributed by atoms with van der Waals surface area (Å²) in [4.78, 5) is 8.88. The normalized spacial score (nSPS) is 15.7. The Morgan fingerprint density at radius 3 is 2.33 bits per heavy atom. The smallest absolute Gasteiger partial charge is 0.193 e. The van der Waals surface area contributed by atoms with E-state index in [1.807, 2.05) is 19.2 Å². The molecule has 0 aliphatic carbocycles. The summed E-state index contributed by atoms with van der Waals surface area (Å²) in [6.45, 7) is 6.82. The predicted octanol–water partition coefficient (Wildman–Crippen LogP) is 2.55. The first-order valence-electron chi connectivity index (χ1n) is 7.20. The van der Waals surface area contributed by atoms with Crippen molar-refractivity contribution >= 4 is 35.6 Å². The van der Waals surface area contributed by atoms with E-state index in [-0.39, 0.29) is 29.8 Å². The Balaban J connectivity index is 0.00000220. The number of anilines is 1. The Hall–Kier alpha value is -1.05. The number of aliphatic imine (C=N–C) groups is 1. The molecule has 118 valence electrons. The second kappa shape index (κ2) is 9.07. The Bertz CT molecular complexity index is 441. The standard InChI is InChI=1S/C15H23FN4.HI/c1-3-8-18-15(17-2)20-11-9-19(10-12-20)14-6-4-13(16)5-7-14;/h4-7H,3,8-12H2,1-2H3,(H,17,18);1H. The topological polar surface area (TPSA) is 30.9 Å². The van der Waals surface area contributed by atoms with Crippen molar-refractivity contribution in [2.24, 2.45) is 4.99 Å². The largest absolute Gasteiger partial charge is 0.368 e. The van der Waals surface area contributed by atoms with E-state index >= 15 is 0 Å². The van der Waals surface area contributed by atoms with Crippen molar-refractivity contribution in [2.45, 2.75) is 13.3 Å². The lowest BCUT2D eigenvalue weighted by Gasteiger charge is -2.37. The molecule has 4 nitrogen and oxygen atoms in total. The number of nitrogens with one attached hydrogen (secondary N) is 1. The molecule has 1 saturated heterocycles. The first kappa shape index (κ1) is 18.0. The molecule has 0 atom stereocenters. The second-order valence-corrected chi connectivity index (χ2v) is 4.92. The van der Waals surface area contributed by atoms with Gasteiger partial charge in [-0.25, -0.2) is 4.39 Å². The molecule has 0 spiro atoms. The summed E-state index contributed by atoms with van der Waals surface area (Å²) in [5.74, 6) is 0.794. The van der Waals surface area contributed by atoms with Gasteiger partial charge in [-0.1, -0.05) is 6.92 Å². The minimum absolute atomic E-state index is 0. The van der Waals surface area contributed by atoms with Crippen molar-refractivity contribution in [1.29, 1.82) is 0 Å². The monoisotopic (exact) mass is 406 g/mol. The van der Waals surface area contributed by atoms with Crippen molar-refractivity contribution in [1.82, 2.24) is 10.2 Å². The average molecular weight is 406 g/mol. The van der Waals surface area contributed by atoms with Crippen molar-refractivity contribution < 1.29 is 4.39 Å². The molecule has 0 unspecified atom stereocenters. The predicted molar refractivity (Wildman–Crippen MR) is 97.3 cm³/mol. The Morgan fingerprint density at radius 1 is 1.19 bits per heavy atom. The maximum absolute atomic E-state index is 12.9. The van der Waals surface area contributed by atoms with E-state index in [2.05, 4.69) is 27.0 Å². The van der Waals surface area contributed by atoms with Crippen molar-refractivity contribution in [2.75, 3.05) is 44.7 Å². The van der Waals surface area contributed by atoms with E-state index in [1.54, 1.807) is 0 Å². The lowest BCUT2D eigenvalue weighted by Crippen LogP contribution is -2.52. The first-order valence-corrected chi connectivity index (χ1v) is 7.20. The molecule has 0 radical (unpaired) electrons. The minimum atomic E-state index is -0.184. The highest BCUT2D eigenvalue weighted by Gasteiger charge is 2.19. The Kier molecular flexibility index (Phi) is 7.77. The van der Waals surface area contributed by atoms with E-state index in [0.717, 1.165) is 50.8 Å². The zero-order valence-corrected chi connectivity index (χ0v) is 15.0. The summed E-state index contributed by atoms with van der Waals surface area (Å²) in [5.41, 5.74) is 1.09. The molecule has 2 rings (SSSR count). The molecule has 1 N–H and O–H groups in total. The van der Waals surface area contributed by atoms with Gasteiger partial charge in [0.1, 0.15) is 5.82 Å². The van der Waals surface area contributed by atoms with Crippen molar-refractivity contribution in [3.05, 3.63) is 30.1 Å². The van der Waals surface area contributed by atoms with Crippen LogP contribution in [0, 0.1) is 5.82 Å². The summed E-state index contributed by atoms with van der Waals surface area (Å²) in [6, 6.07) is 6.72. The minimum Gasteiger partial charge on any atom is -0.368 e. The fourth-order valence-electron chi connectivity index (χ4n) is 2.40. The van der Waals surface area contributed by atoms with E-state index in [0.29, 0.717) is 0 Å². The van der Waals surface area contributed by atoms with Crippen LogP contribution in [0.4, 0.5) is 10.1 Å². The van der Waals surface area contributed by atoms with Crippen LogP contribution in [-0.2, 0) is 0 Å². The van der Waals surface area contributed by atoms with Gasteiger partial charge in [-0.15, -0.1) is 24.0 Å². The van der Waals surface area contributed by atoms with Crippen LogP contribution < -0.4 is 10.2 Å². The van der Waals surface area contributed by atoms with Gasteiger partial charge in [0.05, 0.1) is 0 Å². The molecule has 1 fully saturated rings. The number of nitrogens with zero attached hydrogens (tertiary/aromatic N) is 3. The van der Waals surface area contributed by atoms with Gasteiger partial charge in [-0.3, -0.25) is 4.99 Å². The van der Waals surface area contributed by atoms with Crippen LogP contribution in [0.3, 0.4) is 0 Å².